The largest absolute Gasteiger partial charge is 0.393 e. The second kappa shape index (κ2) is 5.72. The van der Waals surface area contributed by atoms with Crippen molar-refractivity contribution < 1.29 is 4.79 Å². The van der Waals surface area contributed by atoms with Gasteiger partial charge < -0.3 is 10.6 Å². The molecule has 1 aromatic rings. The van der Waals surface area contributed by atoms with E-state index in [2.05, 4.69) is 4.98 Å². The third kappa shape index (κ3) is 3.78. The van der Waals surface area contributed by atoms with Crippen molar-refractivity contribution in [3.05, 3.63) is 29.6 Å². The van der Waals surface area contributed by atoms with Gasteiger partial charge in [-0.05, 0) is 19.1 Å². The van der Waals surface area contributed by atoms with E-state index in [4.69, 9.17) is 18.0 Å². The number of hydrogen-bond donors (Lipinski definition) is 1. The summed E-state index contributed by atoms with van der Waals surface area (Å²) < 4.78 is 0. The fraction of sp³-hybridized carbons (Fsp3) is 0.417. The number of aryl methyl sites for hydroxylation is 1. The molecule has 0 saturated carbocycles. The van der Waals surface area contributed by atoms with Crippen LogP contribution >= 0.6 is 12.2 Å². The Morgan fingerprint density at radius 2 is 2.24 bits per heavy atom. The summed E-state index contributed by atoms with van der Waals surface area (Å²) in [6.45, 7) is 4.26. The van der Waals surface area contributed by atoms with Gasteiger partial charge in [0.1, 0.15) is 5.69 Å². The average Bonchev–Trinajstić information content (AvgIpc) is 2.27. The molecule has 0 fully saturated rings. The SMILES string of the molecule is Cc1cccc(C(=O)N(C)CC(C)C(N)=S)n1. The molecule has 0 aliphatic heterocycles. The van der Waals surface area contributed by atoms with Crippen LogP contribution in [0.15, 0.2) is 18.2 Å². The van der Waals surface area contributed by atoms with Crippen molar-refractivity contribution >= 4 is 23.1 Å². The highest BCUT2D eigenvalue weighted by Gasteiger charge is 2.16. The average molecular weight is 251 g/mol. The summed E-state index contributed by atoms with van der Waals surface area (Å²) in [4.78, 5) is 18.2. The Morgan fingerprint density at radius 3 is 2.76 bits per heavy atom. The molecule has 2 N–H and O–H groups in total. The van der Waals surface area contributed by atoms with Gasteiger partial charge in [0.2, 0.25) is 0 Å². The predicted octanol–water partition coefficient (Wildman–Crippen LogP) is 1.38. The summed E-state index contributed by atoms with van der Waals surface area (Å²) in [7, 11) is 1.72. The van der Waals surface area contributed by atoms with Gasteiger partial charge in [0.15, 0.2) is 0 Å². The molecule has 1 amide bonds. The summed E-state index contributed by atoms with van der Waals surface area (Å²) in [5.41, 5.74) is 6.80. The van der Waals surface area contributed by atoms with Crippen molar-refractivity contribution in [2.24, 2.45) is 11.7 Å². The first-order chi connectivity index (χ1) is 7.91. The van der Waals surface area contributed by atoms with E-state index in [9.17, 15) is 4.79 Å². The van der Waals surface area contributed by atoms with Crippen LogP contribution in [0.3, 0.4) is 0 Å². The number of aromatic nitrogens is 1. The normalized spacial score (nSPS) is 11.9. The van der Waals surface area contributed by atoms with Crippen molar-refractivity contribution in [1.82, 2.24) is 9.88 Å². The standard InChI is InChI=1S/C12H17N3OS/c1-8(11(13)17)7-15(3)12(16)10-6-4-5-9(2)14-10/h4-6,8H,7H2,1-3H3,(H2,13,17). The molecule has 1 unspecified atom stereocenters. The van der Waals surface area contributed by atoms with Crippen LogP contribution in [0.5, 0.6) is 0 Å². The summed E-state index contributed by atoms with van der Waals surface area (Å²) in [5, 5.41) is 0. The quantitative estimate of drug-likeness (QED) is 0.821. The maximum atomic E-state index is 12.0. The molecule has 1 heterocycles. The zero-order valence-electron chi connectivity index (χ0n) is 10.3. The maximum Gasteiger partial charge on any atom is 0.272 e. The lowest BCUT2D eigenvalue weighted by atomic mass is 10.1. The summed E-state index contributed by atoms with van der Waals surface area (Å²) in [6, 6.07) is 5.38. The van der Waals surface area contributed by atoms with E-state index in [1.807, 2.05) is 26.0 Å². The van der Waals surface area contributed by atoms with E-state index in [0.717, 1.165) is 5.69 Å². The predicted molar refractivity (Wildman–Crippen MR) is 71.9 cm³/mol. The number of rotatable bonds is 4. The van der Waals surface area contributed by atoms with Crippen molar-refractivity contribution in [2.45, 2.75) is 13.8 Å². The zero-order chi connectivity index (χ0) is 13.0. The number of pyridine rings is 1. The fourth-order valence-electron chi connectivity index (χ4n) is 1.44. The molecule has 1 aromatic heterocycles. The van der Waals surface area contributed by atoms with Crippen LogP contribution in [0.2, 0.25) is 0 Å². The number of nitrogens with two attached hydrogens (primary N) is 1. The van der Waals surface area contributed by atoms with E-state index in [0.29, 0.717) is 17.2 Å². The van der Waals surface area contributed by atoms with Gasteiger partial charge in [-0.25, -0.2) is 4.98 Å². The van der Waals surface area contributed by atoms with Crippen LogP contribution in [0, 0.1) is 12.8 Å². The Morgan fingerprint density at radius 1 is 1.59 bits per heavy atom. The van der Waals surface area contributed by atoms with E-state index in [-0.39, 0.29) is 11.8 Å². The van der Waals surface area contributed by atoms with Gasteiger partial charge in [0.25, 0.3) is 5.91 Å². The first kappa shape index (κ1) is 13.6. The second-order valence-corrected chi connectivity index (χ2v) is 4.62. The first-order valence-electron chi connectivity index (χ1n) is 5.40. The highest BCUT2D eigenvalue weighted by molar-refractivity contribution is 7.80. The Labute approximate surface area is 107 Å². The molecule has 0 bridgehead atoms. The van der Waals surface area contributed by atoms with Gasteiger partial charge in [0.05, 0.1) is 4.99 Å². The fourth-order valence-corrected chi connectivity index (χ4v) is 1.52. The summed E-state index contributed by atoms with van der Waals surface area (Å²) >= 11 is 4.88. The molecular weight excluding hydrogens is 234 g/mol. The molecule has 0 radical (unpaired) electrons. The molecule has 0 aliphatic rings. The zero-order valence-corrected chi connectivity index (χ0v) is 11.1. The minimum Gasteiger partial charge on any atom is -0.393 e. The van der Waals surface area contributed by atoms with Crippen LogP contribution in [-0.2, 0) is 0 Å². The third-order valence-corrected chi connectivity index (χ3v) is 2.89. The smallest absolute Gasteiger partial charge is 0.272 e. The van der Waals surface area contributed by atoms with Crippen molar-refractivity contribution in [3.63, 3.8) is 0 Å². The number of nitrogens with zero attached hydrogens (tertiary/aromatic N) is 2. The summed E-state index contributed by atoms with van der Waals surface area (Å²) in [5.74, 6) is -0.111. The Hall–Kier alpha value is -1.49. The molecule has 1 rings (SSSR count). The third-order valence-electron chi connectivity index (χ3n) is 2.49. The van der Waals surface area contributed by atoms with Gasteiger partial charge in [-0.1, -0.05) is 25.2 Å². The van der Waals surface area contributed by atoms with Crippen LogP contribution in [0.4, 0.5) is 0 Å². The van der Waals surface area contributed by atoms with Gasteiger partial charge in [-0.3, -0.25) is 4.79 Å². The van der Waals surface area contributed by atoms with Crippen LogP contribution in [0.25, 0.3) is 0 Å². The molecule has 0 aromatic carbocycles. The molecular formula is C12H17N3OS. The van der Waals surface area contributed by atoms with Crippen LogP contribution in [-0.4, -0.2) is 34.4 Å². The topological polar surface area (TPSA) is 59.2 Å². The highest BCUT2D eigenvalue weighted by atomic mass is 32.1. The first-order valence-corrected chi connectivity index (χ1v) is 5.81. The lowest BCUT2D eigenvalue weighted by molar-refractivity contribution is 0.0781. The Kier molecular flexibility index (Phi) is 4.57. The van der Waals surface area contributed by atoms with Crippen LogP contribution in [0.1, 0.15) is 23.1 Å². The van der Waals surface area contributed by atoms with E-state index < -0.39 is 0 Å². The molecule has 5 heteroatoms. The monoisotopic (exact) mass is 251 g/mol. The highest BCUT2D eigenvalue weighted by Crippen LogP contribution is 2.05. The van der Waals surface area contributed by atoms with Crippen molar-refractivity contribution in [3.8, 4) is 0 Å². The minimum atomic E-state index is -0.114. The molecule has 92 valence electrons. The van der Waals surface area contributed by atoms with Crippen molar-refractivity contribution in [2.75, 3.05) is 13.6 Å². The maximum absolute atomic E-state index is 12.0. The van der Waals surface area contributed by atoms with Gasteiger partial charge in [0, 0.05) is 25.2 Å². The van der Waals surface area contributed by atoms with E-state index in [1.54, 1.807) is 18.0 Å². The Balaban J connectivity index is 2.73. The minimum absolute atomic E-state index is 0.00348. The Bertz CT molecular complexity index is 434. The number of carbonyl (C=O) groups excluding carboxylic acids is 1. The van der Waals surface area contributed by atoms with E-state index in [1.165, 1.54) is 0 Å². The number of hydrogen-bond acceptors (Lipinski definition) is 3. The van der Waals surface area contributed by atoms with Gasteiger partial charge >= 0.3 is 0 Å². The van der Waals surface area contributed by atoms with E-state index >= 15 is 0 Å². The van der Waals surface area contributed by atoms with Crippen molar-refractivity contribution in [1.29, 1.82) is 0 Å². The molecule has 0 spiro atoms. The van der Waals surface area contributed by atoms with Gasteiger partial charge in [-0.15, -0.1) is 0 Å². The molecule has 0 saturated heterocycles. The molecule has 4 nitrogen and oxygen atoms in total. The van der Waals surface area contributed by atoms with Gasteiger partial charge in [-0.2, -0.15) is 0 Å². The molecule has 0 aliphatic carbocycles. The number of thiocarbonyl (C=S) groups is 1. The molecule has 1 atom stereocenters. The van der Waals surface area contributed by atoms with Crippen LogP contribution < -0.4 is 5.73 Å². The number of carbonyl (C=O) groups is 1. The lowest BCUT2D eigenvalue weighted by Gasteiger charge is -2.20. The molecule has 17 heavy (non-hydrogen) atoms. The number of amides is 1. The summed E-state index contributed by atoms with van der Waals surface area (Å²) in [6.07, 6.45) is 0. The lowest BCUT2D eigenvalue weighted by Crippen LogP contribution is -2.35. The second-order valence-electron chi connectivity index (χ2n) is 4.15.